The summed E-state index contributed by atoms with van der Waals surface area (Å²) in [5, 5.41) is 6.80. The molecule has 130 valence electrons. The van der Waals surface area contributed by atoms with Crippen molar-refractivity contribution in [2.75, 3.05) is 11.9 Å². The Morgan fingerprint density at radius 1 is 1.08 bits per heavy atom. The van der Waals surface area contributed by atoms with Crippen molar-refractivity contribution in [1.82, 2.24) is 19.5 Å². The van der Waals surface area contributed by atoms with Gasteiger partial charge < -0.3 is 5.32 Å². The average molecular weight is 414 g/mol. The molecule has 0 bridgehead atoms. The maximum absolute atomic E-state index is 12.4. The Morgan fingerprint density at radius 3 is 2.73 bits per heavy atom. The minimum atomic E-state index is -0.391. The van der Waals surface area contributed by atoms with Crippen molar-refractivity contribution in [2.45, 2.75) is 6.42 Å². The van der Waals surface area contributed by atoms with E-state index in [4.69, 9.17) is 0 Å². The monoisotopic (exact) mass is 413 g/mol. The summed E-state index contributed by atoms with van der Waals surface area (Å²) >= 11 is 3.29. The molecule has 9 heteroatoms. The van der Waals surface area contributed by atoms with Crippen LogP contribution in [0.3, 0.4) is 0 Å². The SMILES string of the molecule is O=C(CCN1C(=O)c2ccc(Br)cc2C1=O)Nc1ccnc2ccnn12. The number of rotatable bonds is 4. The minimum Gasteiger partial charge on any atom is -0.310 e. The smallest absolute Gasteiger partial charge is 0.261 e. The summed E-state index contributed by atoms with van der Waals surface area (Å²) in [5.41, 5.74) is 1.30. The Bertz CT molecular complexity index is 1060. The summed E-state index contributed by atoms with van der Waals surface area (Å²) < 4.78 is 2.22. The highest BCUT2D eigenvalue weighted by atomic mass is 79.9. The largest absolute Gasteiger partial charge is 0.310 e. The lowest BCUT2D eigenvalue weighted by Crippen LogP contribution is -2.33. The molecule has 1 aromatic carbocycles. The molecule has 0 fully saturated rings. The fraction of sp³-hybridized carbons (Fsp3) is 0.118. The van der Waals surface area contributed by atoms with Crippen molar-refractivity contribution in [1.29, 1.82) is 0 Å². The number of amides is 3. The molecule has 26 heavy (non-hydrogen) atoms. The molecule has 2 aromatic heterocycles. The second kappa shape index (κ2) is 6.34. The Labute approximate surface area is 155 Å². The molecular formula is C17H12BrN5O3. The van der Waals surface area contributed by atoms with Crippen molar-refractivity contribution in [2.24, 2.45) is 0 Å². The molecule has 0 aliphatic carbocycles. The van der Waals surface area contributed by atoms with Crippen LogP contribution < -0.4 is 5.32 Å². The van der Waals surface area contributed by atoms with Gasteiger partial charge in [0.15, 0.2) is 5.65 Å². The zero-order chi connectivity index (χ0) is 18.3. The zero-order valence-electron chi connectivity index (χ0n) is 13.3. The Kier molecular flexibility index (Phi) is 4.00. The molecule has 0 unspecified atom stereocenters. The quantitative estimate of drug-likeness (QED) is 0.660. The van der Waals surface area contributed by atoms with E-state index in [0.29, 0.717) is 22.6 Å². The number of benzene rings is 1. The lowest BCUT2D eigenvalue weighted by molar-refractivity contribution is -0.116. The summed E-state index contributed by atoms with van der Waals surface area (Å²) in [4.78, 5) is 42.2. The van der Waals surface area contributed by atoms with Gasteiger partial charge in [-0.25, -0.2) is 4.98 Å². The van der Waals surface area contributed by atoms with Gasteiger partial charge in [-0.1, -0.05) is 15.9 Å². The van der Waals surface area contributed by atoms with Crippen molar-refractivity contribution in [3.8, 4) is 0 Å². The third-order valence-electron chi connectivity index (χ3n) is 4.05. The van der Waals surface area contributed by atoms with Crippen LogP contribution in [0.2, 0.25) is 0 Å². The van der Waals surface area contributed by atoms with E-state index in [2.05, 4.69) is 31.3 Å². The molecule has 3 aromatic rings. The molecular weight excluding hydrogens is 402 g/mol. The lowest BCUT2D eigenvalue weighted by atomic mass is 10.1. The van der Waals surface area contributed by atoms with E-state index >= 15 is 0 Å². The van der Waals surface area contributed by atoms with Crippen LogP contribution in [0.4, 0.5) is 5.82 Å². The Balaban J connectivity index is 1.45. The topological polar surface area (TPSA) is 96.7 Å². The molecule has 8 nitrogen and oxygen atoms in total. The fourth-order valence-corrected chi connectivity index (χ4v) is 3.18. The van der Waals surface area contributed by atoms with Crippen LogP contribution >= 0.6 is 15.9 Å². The summed E-state index contributed by atoms with van der Waals surface area (Å²) in [6, 6.07) is 8.26. The third-order valence-corrected chi connectivity index (χ3v) is 4.55. The van der Waals surface area contributed by atoms with Gasteiger partial charge in [-0.3, -0.25) is 19.3 Å². The summed E-state index contributed by atoms with van der Waals surface area (Å²) in [6.07, 6.45) is 3.13. The minimum absolute atomic E-state index is 0.00311. The molecule has 1 aliphatic rings. The van der Waals surface area contributed by atoms with E-state index in [-0.39, 0.29) is 24.8 Å². The van der Waals surface area contributed by atoms with Crippen LogP contribution in [0.25, 0.3) is 5.65 Å². The predicted molar refractivity (Wildman–Crippen MR) is 95.7 cm³/mol. The lowest BCUT2D eigenvalue weighted by Gasteiger charge is -2.13. The van der Waals surface area contributed by atoms with Gasteiger partial charge in [-0.05, 0) is 24.3 Å². The predicted octanol–water partition coefficient (Wildman–Crippen LogP) is 2.12. The Morgan fingerprint density at radius 2 is 1.88 bits per heavy atom. The van der Waals surface area contributed by atoms with Crippen molar-refractivity contribution in [3.63, 3.8) is 0 Å². The number of imide groups is 1. The molecule has 0 radical (unpaired) electrons. The van der Waals surface area contributed by atoms with E-state index in [0.717, 1.165) is 9.37 Å². The van der Waals surface area contributed by atoms with Crippen molar-refractivity contribution in [3.05, 3.63) is 58.3 Å². The van der Waals surface area contributed by atoms with Gasteiger partial charge in [-0.2, -0.15) is 9.61 Å². The van der Waals surface area contributed by atoms with Gasteiger partial charge in [0, 0.05) is 29.7 Å². The van der Waals surface area contributed by atoms with Crippen LogP contribution in [0, 0.1) is 0 Å². The number of nitrogens with one attached hydrogen (secondary N) is 1. The molecule has 0 spiro atoms. The highest BCUT2D eigenvalue weighted by Gasteiger charge is 2.35. The van der Waals surface area contributed by atoms with Gasteiger partial charge in [0.25, 0.3) is 11.8 Å². The highest BCUT2D eigenvalue weighted by molar-refractivity contribution is 9.10. The van der Waals surface area contributed by atoms with Gasteiger partial charge in [0.1, 0.15) is 5.82 Å². The number of nitrogens with zero attached hydrogens (tertiary/aromatic N) is 4. The first-order valence-electron chi connectivity index (χ1n) is 7.79. The average Bonchev–Trinajstić information content (AvgIpc) is 3.18. The number of anilines is 1. The number of carbonyl (C=O) groups is 3. The molecule has 0 atom stereocenters. The van der Waals surface area contributed by atoms with E-state index in [1.807, 2.05) is 0 Å². The van der Waals surface area contributed by atoms with Gasteiger partial charge >= 0.3 is 0 Å². The second-order valence-corrected chi connectivity index (χ2v) is 6.60. The molecule has 1 aliphatic heterocycles. The maximum atomic E-state index is 12.4. The maximum Gasteiger partial charge on any atom is 0.261 e. The highest BCUT2D eigenvalue weighted by Crippen LogP contribution is 2.26. The molecule has 3 heterocycles. The van der Waals surface area contributed by atoms with Gasteiger partial charge in [0.05, 0.1) is 17.3 Å². The number of halogens is 1. The van der Waals surface area contributed by atoms with E-state index in [1.165, 1.54) is 4.52 Å². The number of hydrogen-bond donors (Lipinski definition) is 1. The summed E-state index contributed by atoms with van der Waals surface area (Å²) in [7, 11) is 0. The van der Waals surface area contributed by atoms with Gasteiger partial charge in [0.2, 0.25) is 5.91 Å². The van der Waals surface area contributed by atoms with Crippen molar-refractivity contribution < 1.29 is 14.4 Å². The molecule has 0 saturated heterocycles. The van der Waals surface area contributed by atoms with E-state index in [1.54, 1.807) is 42.7 Å². The first-order chi connectivity index (χ1) is 12.5. The summed E-state index contributed by atoms with van der Waals surface area (Å²) in [5.74, 6) is -0.636. The summed E-state index contributed by atoms with van der Waals surface area (Å²) in [6.45, 7) is 0.00311. The zero-order valence-corrected chi connectivity index (χ0v) is 14.9. The van der Waals surface area contributed by atoms with Crippen molar-refractivity contribution >= 4 is 45.1 Å². The van der Waals surface area contributed by atoms with Crippen LogP contribution in [-0.2, 0) is 4.79 Å². The second-order valence-electron chi connectivity index (χ2n) is 5.68. The van der Waals surface area contributed by atoms with E-state index < -0.39 is 5.91 Å². The first kappa shape index (κ1) is 16.4. The number of carbonyl (C=O) groups excluding carboxylic acids is 3. The fourth-order valence-electron chi connectivity index (χ4n) is 2.81. The normalized spacial score (nSPS) is 13.3. The number of aromatic nitrogens is 3. The van der Waals surface area contributed by atoms with Crippen LogP contribution in [-0.4, -0.2) is 43.8 Å². The van der Waals surface area contributed by atoms with Crippen LogP contribution in [0.5, 0.6) is 0 Å². The first-order valence-corrected chi connectivity index (χ1v) is 8.58. The number of hydrogen-bond acceptors (Lipinski definition) is 5. The standard InChI is InChI=1S/C17H12BrN5O3/c18-10-1-2-11-12(9-10)17(26)22(16(11)25)8-5-15(24)21-14-3-6-19-13-4-7-20-23(13)14/h1-4,6-7,9H,5,8H2,(H,21,24). The third kappa shape index (κ3) is 2.76. The van der Waals surface area contributed by atoms with Crippen LogP contribution in [0.15, 0.2) is 47.2 Å². The molecule has 0 saturated carbocycles. The molecule has 1 N–H and O–H groups in total. The van der Waals surface area contributed by atoms with Crippen LogP contribution in [0.1, 0.15) is 27.1 Å². The van der Waals surface area contributed by atoms with Gasteiger partial charge in [-0.15, -0.1) is 0 Å². The Hall–Kier alpha value is -3.07. The molecule has 3 amide bonds. The molecule has 4 rings (SSSR count). The number of fused-ring (bicyclic) bond motifs is 2. The van der Waals surface area contributed by atoms with E-state index in [9.17, 15) is 14.4 Å².